The molecule has 18 heavy (non-hydrogen) atoms. The predicted molar refractivity (Wildman–Crippen MR) is 77.5 cm³/mol. The van der Waals surface area contributed by atoms with E-state index in [-0.39, 0.29) is 11.6 Å². The van der Waals surface area contributed by atoms with Crippen molar-refractivity contribution in [3.8, 4) is 0 Å². The number of rotatable bonds is 3. The number of morpholine rings is 1. The quantitative estimate of drug-likeness (QED) is 0.672. The van der Waals surface area contributed by atoms with E-state index in [0.717, 1.165) is 19.7 Å². The zero-order valence-corrected chi connectivity index (χ0v) is 12.0. The molecule has 1 heterocycles. The molecule has 0 radical (unpaired) electrons. The Balaban J connectivity index is 2.12. The summed E-state index contributed by atoms with van der Waals surface area (Å²) in [5, 5.41) is 7.04. The largest absolute Gasteiger partial charge is 0.376 e. The molecule has 2 fully saturated rings. The minimum Gasteiger partial charge on any atom is -0.376 e. The monoisotopic (exact) mass is 271 g/mol. The molecule has 2 rings (SSSR count). The van der Waals surface area contributed by atoms with Crippen LogP contribution < -0.4 is 16.4 Å². The maximum atomic E-state index is 6.23. The topological polar surface area (TPSA) is 59.3 Å². The molecule has 2 unspecified atom stereocenters. The predicted octanol–water partition coefficient (Wildman–Crippen LogP) is 1.15. The van der Waals surface area contributed by atoms with E-state index in [0.29, 0.717) is 11.0 Å². The van der Waals surface area contributed by atoms with Gasteiger partial charge in [0.2, 0.25) is 0 Å². The van der Waals surface area contributed by atoms with Gasteiger partial charge in [0.1, 0.15) is 5.60 Å². The summed E-state index contributed by atoms with van der Waals surface area (Å²) >= 11 is 4.98. The third kappa shape index (κ3) is 2.95. The molecule has 0 aromatic carbocycles. The van der Waals surface area contributed by atoms with Crippen LogP contribution in [0.3, 0.4) is 0 Å². The van der Waals surface area contributed by atoms with Crippen LogP contribution in [0.1, 0.15) is 39.0 Å². The second-order valence-corrected chi connectivity index (χ2v) is 5.99. The van der Waals surface area contributed by atoms with Gasteiger partial charge in [0.15, 0.2) is 5.11 Å². The zero-order valence-electron chi connectivity index (χ0n) is 11.2. The second kappa shape index (κ2) is 6.17. The lowest BCUT2D eigenvalue weighted by atomic mass is 9.72. The minimum absolute atomic E-state index is 0.151. The first-order valence-electron chi connectivity index (χ1n) is 7.06. The van der Waals surface area contributed by atoms with Gasteiger partial charge in [-0.1, -0.05) is 19.3 Å². The van der Waals surface area contributed by atoms with Gasteiger partial charge in [-0.15, -0.1) is 0 Å². The number of nitrogens with two attached hydrogens (primary N) is 1. The summed E-state index contributed by atoms with van der Waals surface area (Å²) in [5.74, 6) is 0.607. The second-order valence-electron chi connectivity index (χ2n) is 5.55. The summed E-state index contributed by atoms with van der Waals surface area (Å²) < 4.78 is 6.23. The molecule has 104 valence electrons. The molecule has 0 amide bonds. The maximum absolute atomic E-state index is 6.23. The Morgan fingerprint density at radius 2 is 2.17 bits per heavy atom. The number of hydrogen-bond donors (Lipinski definition) is 3. The first kappa shape index (κ1) is 14.0. The Morgan fingerprint density at radius 3 is 2.72 bits per heavy atom. The molecule has 0 aromatic rings. The lowest BCUT2D eigenvalue weighted by molar-refractivity contribution is -0.128. The molecule has 1 saturated carbocycles. The molecule has 1 aliphatic heterocycles. The molecule has 4 nitrogen and oxygen atoms in total. The van der Waals surface area contributed by atoms with Crippen molar-refractivity contribution in [2.45, 2.75) is 50.7 Å². The van der Waals surface area contributed by atoms with Crippen molar-refractivity contribution >= 4 is 17.3 Å². The van der Waals surface area contributed by atoms with Crippen LogP contribution in [0.4, 0.5) is 0 Å². The smallest absolute Gasteiger partial charge is 0.163 e. The average Bonchev–Trinajstić information content (AvgIpc) is 2.40. The maximum Gasteiger partial charge on any atom is 0.163 e. The first-order chi connectivity index (χ1) is 8.65. The van der Waals surface area contributed by atoms with Gasteiger partial charge in [0.05, 0.1) is 12.6 Å². The highest BCUT2D eigenvalue weighted by molar-refractivity contribution is 7.80. The van der Waals surface area contributed by atoms with E-state index < -0.39 is 0 Å². The van der Waals surface area contributed by atoms with E-state index in [1.54, 1.807) is 0 Å². The van der Waals surface area contributed by atoms with Gasteiger partial charge >= 0.3 is 0 Å². The lowest BCUT2D eigenvalue weighted by Gasteiger charge is -2.49. The van der Waals surface area contributed by atoms with Crippen LogP contribution in [0, 0.1) is 5.92 Å². The van der Waals surface area contributed by atoms with Gasteiger partial charge in [0, 0.05) is 13.1 Å². The Kier molecular flexibility index (Phi) is 4.81. The Bertz CT molecular complexity index is 286. The standard InChI is InChI=1S/C13H25N3OS/c1-10(16-12(14)18)13(9-15-7-8-17-13)11-5-3-2-4-6-11/h10-11,15H,2-9H2,1H3,(H3,14,16,18). The summed E-state index contributed by atoms with van der Waals surface area (Å²) in [7, 11) is 0. The van der Waals surface area contributed by atoms with E-state index in [9.17, 15) is 0 Å². The molecule has 0 aromatic heterocycles. The van der Waals surface area contributed by atoms with E-state index in [1.165, 1.54) is 32.1 Å². The van der Waals surface area contributed by atoms with Crippen molar-refractivity contribution in [1.29, 1.82) is 0 Å². The summed E-state index contributed by atoms with van der Waals surface area (Å²) in [4.78, 5) is 0. The molecule has 1 saturated heterocycles. The molecule has 4 N–H and O–H groups in total. The van der Waals surface area contributed by atoms with Gasteiger partial charge in [-0.05, 0) is 37.9 Å². The van der Waals surface area contributed by atoms with E-state index in [2.05, 4.69) is 17.6 Å². The number of hydrogen-bond acceptors (Lipinski definition) is 3. The van der Waals surface area contributed by atoms with Crippen LogP contribution in [0.5, 0.6) is 0 Å². The summed E-state index contributed by atoms with van der Waals surface area (Å²) in [6.07, 6.45) is 6.50. The molecule has 2 atom stereocenters. The van der Waals surface area contributed by atoms with Crippen molar-refractivity contribution < 1.29 is 4.74 Å². The average molecular weight is 271 g/mol. The van der Waals surface area contributed by atoms with E-state index >= 15 is 0 Å². The fourth-order valence-corrected chi connectivity index (χ4v) is 3.65. The lowest BCUT2D eigenvalue weighted by Crippen LogP contribution is -2.65. The Labute approximate surface area is 115 Å². The minimum atomic E-state index is -0.151. The van der Waals surface area contributed by atoms with Crippen molar-refractivity contribution in [2.75, 3.05) is 19.7 Å². The normalized spacial score (nSPS) is 31.8. The molecule has 5 heteroatoms. The molecule has 1 aliphatic carbocycles. The van der Waals surface area contributed by atoms with Crippen LogP contribution in [-0.2, 0) is 4.74 Å². The van der Waals surface area contributed by atoms with Crippen LogP contribution in [0.2, 0.25) is 0 Å². The van der Waals surface area contributed by atoms with Crippen LogP contribution in [-0.4, -0.2) is 36.5 Å². The van der Waals surface area contributed by atoms with E-state index in [1.807, 2.05) is 0 Å². The van der Waals surface area contributed by atoms with Crippen LogP contribution in [0.25, 0.3) is 0 Å². The molecule has 2 aliphatic rings. The summed E-state index contributed by atoms with van der Waals surface area (Å²) in [5.41, 5.74) is 5.48. The number of thiocarbonyl (C=S) groups is 1. The fourth-order valence-electron chi connectivity index (χ4n) is 3.47. The zero-order chi connectivity index (χ0) is 13.0. The van der Waals surface area contributed by atoms with Crippen LogP contribution >= 0.6 is 12.2 Å². The third-order valence-electron chi connectivity index (χ3n) is 4.44. The summed E-state index contributed by atoms with van der Waals surface area (Å²) in [6, 6.07) is 0.158. The summed E-state index contributed by atoms with van der Waals surface area (Å²) in [6.45, 7) is 4.75. The highest BCUT2D eigenvalue weighted by Crippen LogP contribution is 2.38. The van der Waals surface area contributed by atoms with Gasteiger partial charge < -0.3 is 21.1 Å². The van der Waals surface area contributed by atoms with Crippen LogP contribution in [0.15, 0.2) is 0 Å². The van der Waals surface area contributed by atoms with Crippen molar-refractivity contribution in [1.82, 2.24) is 10.6 Å². The molecular weight excluding hydrogens is 246 g/mol. The molecular formula is C13H25N3OS. The Hall–Kier alpha value is -0.390. The van der Waals surface area contributed by atoms with Gasteiger partial charge in [-0.25, -0.2) is 0 Å². The Morgan fingerprint density at radius 1 is 1.44 bits per heavy atom. The van der Waals surface area contributed by atoms with Crippen molar-refractivity contribution in [3.63, 3.8) is 0 Å². The SMILES string of the molecule is CC(NC(N)=S)C1(C2CCCCC2)CNCCO1. The van der Waals surface area contributed by atoms with E-state index in [4.69, 9.17) is 22.7 Å². The highest BCUT2D eigenvalue weighted by Gasteiger charge is 2.46. The molecule has 0 spiro atoms. The van der Waals surface area contributed by atoms with Gasteiger partial charge in [0.25, 0.3) is 0 Å². The first-order valence-corrected chi connectivity index (χ1v) is 7.46. The molecule has 0 bridgehead atoms. The van der Waals surface area contributed by atoms with Gasteiger partial charge in [-0.2, -0.15) is 0 Å². The fraction of sp³-hybridized carbons (Fsp3) is 0.923. The van der Waals surface area contributed by atoms with Crippen molar-refractivity contribution in [3.05, 3.63) is 0 Å². The number of nitrogens with one attached hydrogen (secondary N) is 2. The highest BCUT2D eigenvalue weighted by atomic mass is 32.1. The van der Waals surface area contributed by atoms with Crippen molar-refractivity contribution in [2.24, 2.45) is 11.7 Å². The third-order valence-corrected chi connectivity index (χ3v) is 4.56. The van der Waals surface area contributed by atoms with Gasteiger partial charge in [-0.3, -0.25) is 0 Å². The number of ether oxygens (including phenoxy) is 1.